The topological polar surface area (TPSA) is 55.1 Å². The van der Waals surface area contributed by atoms with Crippen LogP contribution >= 0.6 is 23.4 Å². The molecule has 0 aliphatic carbocycles. The van der Waals surface area contributed by atoms with Crippen molar-refractivity contribution in [2.45, 2.75) is 11.8 Å². The Labute approximate surface area is 131 Å². The van der Waals surface area contributed by atoms with Gasteiger partial charge in [0.2, 0.25) is 5.91 Å². The summed E-state index contributed by atoms with van der Waals surface area (Å²) in [5, 5.41) is 2.64. The van der Waals surface area contributed by atoms with Gasteiger partial charge in [0.1, 0.15) is 5.82 Å². The lowest BCUT2D eigenvalue weighted by atomic mass is 10.2. The maximum absolute atomic E-state index is 13.0. The molecule has 21 heavy (non-hydrogen) atoms. The van der Waals surface area contributed by atoms with Crippen LogP contribution in [0.4, 0.5) is 15.8 Å². The predicted octanol–water partition coefficient (Wildman–Crippen LogP) is 4.10. The molecule has 0 unspecified atom stereocenters. The summed E-state index contributed by atoms with van der Waals surface area (Å²) in [5.41, 5.74) is 8.04. The molecule has 3 N–H and O–H groups in total. The highest BCUT2D eigenvalue weighted by Gasteiger charge is 2.08. The molecule has 110 valence electrons. The molecule has 2 aromatic rings. The van der Waals surface area contributed by atoms with E-state index in [2.05, 4.69) is 5.32 Å². The van der Waals surface area contributed by atoms with Crippen molar-refractivity contribution in [3.63, 3.8) is 0 Å². The third kappa shape index (κ3) is 4.37. The minimum Gasteiger partial charge on any atom is -0.398 e. The Morgan fingerprint density at radius 2 is 2.10 bits per heavy atom. The first-order valence-corrected chi connectivity index (χ1v) is 7.56. The molecule has 0 radical (unpaired) electrons. The van der Waals surface area contributed by atoms with Crippen molar-refractivity contribution in [3.8, 4) is 0 Å². The standard InChI is InChI=1S/C15H14ClFN2OS/c1-9-2-5-13(18)14(6-9)21-8-15(20)19-10-3-4-12(17)11(16)7-10/h2-7H,8,18H2,1H3,(H,19,20). The van der Waals surface area contributed by atoms with E-state index in [1.54, 1.807) is 0 Å². The zero-order valence-electron chi connectivity index (χ0n) is 11.3. The van der Waals surface area contributed by atoms with Crippen molar-refractivity contribution in [2.75, 3.05) is 16.8 Å². The Kier molecular flexibility index (Phi) is 5.09. The van der Waals surface area contributed by atoms with Gasteiger partial charge >= 0.3 is 0 Å². The van der Waals surface area contributed by atoms with Crippen LogP contribution in [0.25, 0.3) is 0 Å². The quantitative estimate of drug-likeness (QED) is 0.657. The summed E-state index contributed by atoms with van der Waals surface area (Å²) in [4.78, 5) is 12.7. The average Bonchev–Trinajstić information content (AvgIpc) is 2.44. The summed E-state index contributed by atoms with van der Waals surface area (Å²) in [6, 6.07) is 9.71. The molecule has 0 aliphatic rings. The molecule has 0 heterocycles. The van der Waals surface area contributed by atoms with E-state index in [-0.39, 0.29) is 16.7 Å². The maximum atomic E-state index is 13.0. The second kappa shape index (κ2) is 6.83. The van der Waals surface area contributed by atoms with Crippen LogP contribution in [0.1, 0.15) is 5.56 Å². The molecule has 0 bridgehead atoms. The van der Waals surface area contributed by atoms with E-state index in [4.69, 9.17) is 17.3 Å². The van der Waals surface area contributed by atoms with Crippen molar-refractivity contribution in [1.29, 1.82) is 0 Å². The first-order valence-electron chi connectivity index (χ1n) is 6.19. The van der Waals surface area contributed by atoms with Gasteiger partial charge in [0.25, 0.3) is 0 Å². The van der Waals surface area contributed by atoms with E-state index in [0.717, 1.165) is 10.5 Å². The molecule has 0 saturated carbocycles. The molecule has 2 rings (SSSR count). The van der Waals surface area contributed by atoms with Gasteiger partial charge in [-0.1, -0.05) is 17.7 Å². The second-order valence-corrected chi connectivity index (χ2v) is 5.93. The van der Waals surface area contributed by atoms with E-state index >= 15 is 0 Å². The minimum absolute atomic E-state index is 0.0246. The molecule has 0 saturated heterocycles. The minimum atomic E-state index is -0.517. The molecule has 0 atom stereocenters. The molecule has 2 aromatic carbocycles. The first kappa shape index (κ1) is 15.7. The lowest BCUT2D eigenvalue weighted by Crippen LogP contribution is -2.14. The highest BCUT2D eigenvalue weighted by atomic mass is 35.5. The summed E-state index contributed by atoms with van der Waals surface area (Å²) in [7, 11) is 0. The van der Waals surface area contributed by atoms with Gasteiger partial charge < -0.3 is 11.1 Å². The van der Waals surface area contributed by atoms with Gasteiger partial charge in [0, 0.05) is 16.3 Å². The van der Waals surface area contributed by atoms with Crippen LogP contribution in [-0.2, 0) is 4.79 Å². The Morgan fingerprint density at radius 3 is 2.81 bits per heavy atom. The van der Waals surface area contributed by atoms with E-state index in [0.29, 0.717) is 11.4 Å². The van der Waals surface area contributed by atoms with E-state index in [1.165, 1.54) is 30.0 Å². The van der Waals surface area contributed by atoms with Crippen molar-refractivity contribution in [3.05, 3.63) is 52.8 Å². The Hall–Kier alpha value is -1.72. The number of halogens is 2. The molecule has 0 aliphatic heterocycles. The van der Waals surface area contributed by atoms with Crippen molar-refractivity contribution in [2.24, 2.45) is 0 Å². The van der Waals surface area contributed by atoms with Crippen LogP contribution in [-0.4, -0.2) is 11.7 Å². The van der Waals surface area contributed by atoms with Gasteiger partial charge in [-0.05, 0) is 42.8 Å². The Bertz CT molecular complexity index is 679. The highest BCUT2D eigenvalue weighted by Crippen LogP contribution is 2.26. The van der Waals surface area contributed by atoms with Crippen LogP contribution in [0.15, 0.2) is 41.3 Å². The Morgan fingerprint density at radius 1 is 1.33 bits per heavy atom. The number of rotatable bonds is 4. The number of nitrogens with two attached hydrogens (primary N) is 1. The highest BCUT2D eigenvalue weighted by molar-refractivity contribution is 8.00. The number of hydrogen-bond donors (Lipinski definition) is 2. The number of nitrogens with one attached hydrogen (secondary N) is 1. The van der Waals surface area contributed by atoms with Crippen LogP contribution in [0.2, 0.25) is 5.02 Å². The second-order valence-electron chi connectivity index (χ2n) is 4.51. The van der Waals surface area contributed by atoms with Crippen LogP contribution < -0.4 is 11.1 Å². The summed E-state index contributed by atoms with van der Waals surface area (Å²) in [6.07, 6.45) is 0. The van der Waals surface area contributed by atoms with E-state index in [9.17, 15) is 9.18 Å². The SMILES string of the molecule is Cc1ccc(N)c(SCC(=O)Nc2ccc(F)c(Cl)c2)c1. The van der Waals surface area contributed by atoms with Gasteiger partial charge in [-0.15, -0.1) is 11.8 Å². The van der Waals surface area contributed by atoms with E-state index in [1.807, 2.05) is 25.1 Å². The fourth-order valence-electron chi connectivity index (χ4n) is 1.68. The normalized spacial score (nSPS) is 10.4. The molecular weight excluding hydrogens is 311 g/mol. The molecule has 1 amide bonds. The predicted molar refractivity (Wildman–Crippen MR) is 86.4 cm³/mol. The summed E-state index contributed by atoms with van der Waals surface area (Å²) in [6.45, 7) is 1.96. The molecule has 0 spiro atoms. The number of carbonyl (C=O) groups excluding carboxylic acids is 1. The number of benzene rings is 2. The number of hydrogen-bond acceptors (Lipinski definition) is 3. The number of amides is 1. The van der Waals surface area contributed by atoms with Crippen LogP contribution in [0, 0.1) is 12.7 Å². The first-order chi connectivity index (χ1) is 9.95. The van der Waals surface area contributed by atoms with E-state index < -0.39 is 5.82 Å². The molecule has 3 nitrogen and oxygen atoms in total. The molecular formula is C15H14ClFN2OS. The van der Waals surface area contributed by atoms with Crippen molar-refractivity contribution < 1.29 is 9.18 Å². The van der Waals surface area contributed by atoms with Crippen molar-refractivity contribution in [1.82, 2.24) is 0 Å². The third-order valence-corrected chi connectivity index (χ3v) is 4.09. The molecule has 0 aromatic heterocycles. The van der Waals surface area contributed by atoms with Gasteiger partial charge in [0.05, 0.1) is 10.8 Å². The summed E-state index contributed by atoms with van der Waals surface area (Å²) in [5.74, 6) is -0.511. The number of aryl methyl sites for hydroxylation is 1. The lowest BCUT2D eigenvalue weighted by molar-refractivity contribution is -0.113. The van der Waals surface area contributed by atoms with Gasteiger partial charge in [-0.3, -0.25) is 4.79 Å². The largest absolute Gasteiger partial charge is 0.398 e. The van der Waals surface area contributed by atoms with Gasteiger partial charge in [0.15, 0.2) is 0 Å². The maximum Gasteiger partial charge on any atom is 0.234 e. The number of anilines is 2. The Balaban J connectivity index is 1.95. The zero-order chi connectivity index (χ0) is 15.4. The summed E-state index contributed by atoms with van der Waals surface area (Å²) >= 11 is 7.01. The molecule has 6 heteroatoms. The van der Waals surface area contributed by atoms with Crippen LogP contribution in [0.3, 0.4) is 0 Å². The summed E-state index contributed by atoms with van der Waals surface area (Å²) < 4.78 is 13.0. The fourth-order valence-corrected chi connectivity index (χ4v) is 2.72. The van der Waals surface area contributed by atoms with Crippen molar-refractivity contribution >= 4 is 40.6 Å². The average molecular weight is 325 g/mol. The zero-order valence-corrected chi connectivity index (χ0v) is 12.9. The van der Waals surface area contributed by atoms with Crippen LogP contribution in [0.5, 0.6) is 0 Å². The third-order valence-electron chi connectivity index (χ3n) is 2.73. The van der Waals surface area contributed by atoms with Gasteiger partial charge in [-0.25, -0.2) is 4.39 Å². The number of thioether (sulfide) groups is 1. The van der Waals surface area contributed by atoms with Gasteiger partial charge in [-0.2, -0.15) is 0 Å². The molecule has 0 fully saturated rings. The number of carbonyl (C=O) groups is 1. The number of nitrogen functional groups attached to an aromatic ring is 1. The smallest absolute Gasteiger partial charge is 0.234 e. The monoisotopic (exact) mass is 324 g/mol. The fraction of sp³-hybridized carbons (Fsp3) is 0.133. The lowest BCUT2D eigenvalue weighted by Gasteiger charge is -2.08.